The van der Waals surface area contributed by atoms with Crippen molar-refractivity contribution in [3.05, 3.63) is 11.6 Å². The van der Waals surface area contributed by atoms with Crippen LogP contribution in [0.4, 0.5) is 0 Å². The van der Waals surface area contributed by atoms with E-state index in [4.69, 9.17) is 11.2 Å². The van der Waals surface area contributed by atoms with Crippen LogP contribution in [0.25, 0.3) is 0 Å². The SMILES string of the molecule is C#C[C@@H]1CC[C@H]2[C@@H]3[C@@H](OC(C)=O)C=C4CCCC[C@]4(C)[C@H]3CC[C@]12C. The van der Waals surface area contributed by atoms with Crippen LogP contribution in [0.15, 0.2) is 11.6 Å². The van der Waals surface area contributed by atoms with E-state index in [9.17, 15) is 4.79 Å². The molecule has 0 radical (unpaired) electrons. The second-order valence-electron chi connectivity index (χ2n) is 9.52. The van der Waals surface area contributed by atoms with Crippen molar-refractivity contribution in [2.45, 2.75) is 78.2 Å². The molecule has 0 N–H and O–H groups in total. The van der Waals surface area contributed by atoms with Gasteiger partial charge in [0.25, 0.3) is 0 Å². The number of esters is 1. The summed E-state index contributed by atoms with van der Waals surface area (Å²) in [7, 11) is 0. The van der Waals surface area contributed by atoms with Crippen molar-refractivity contribution >= 4 is 5.97 Å². The predicted octanol–water partition coefficient (Wildman–Crippen LogP) is 5.13. The van der Waals surface area contributed by atoms with Gasteiger partial charge >= 0.3 is 5.97 Å². The summed E-state index contributed by atoms with van der Waals surface area (Å²) in [4.78, 5) is 11.8. The van der Waals surface area contributed by atoms with Crippen molar-refractivity contribution in [2.24, 2.45) is 34.5 Å². The van der Waals surface area contributed by atoms with Crippen molar-refractivity contribution in [1.82, 2.24) is 0 Å². The molecule has 0 aromatic heterocycles. The maximum Gasteiger partial charge on any atom is 0.303 e. The molecular formula is C23H32O2. The molecule has 7 atom stereocenters. The van der Waals surface area contributed by atoms with Gasteiger partial charge in [0, 0.05) is 18.8 Å². The Hall–Kier alpha value is -1.23. The molecule has 0 heterocycles. The van der Waals surface area contributed by atoms with E-state index in [-0.39, 0.29) is 17.5 Å². The Morgan fingerprint density at radius 2 is 2.00 bits per heavy atom. The number of terminal acetylenes is 1. The first kappa shape index (κ1) is 17.2. The molecule has 0 bridgehead atoms. The normalized spacial score (nSPS) is 48.4. The molecule has 0 amide bonds. The first-order valence-corrected chi connectivity index (χ1v) is 10.2. The largest absolute Gasteiger partial charge is 0.458 e. The fourth-order valence-electron chi connectivity index (χ4n) is 7.23. The van der Waals surface area contributed by atoms with Gasteiger partial charge in [-0.3, -0.25) is 4.79 Å². The number of hydrogen-bond acceptors (Lipinski definition) is 2. The van der Waals surface area contributed by atoms with Crippen molar-refractivity contribution in [2.75, 3.05) is 0 Å². The van der Waals surface area contributed by atoms with Crippen LogP contribution in [0, 0.1) is 46.8 Å². The summed E-state index contributed by atoms with van der Waals surface area (Å²) in [6, 6.07) is 0. The molecule has 4 aliphatic carbocycles. The fourth-order valence-corrected chi connectivity index (χ4v) is 7.23. The van der Waals surface area contributed by atoms with E-state index < -0.39 is 0 Å². The van der Waals surface area contributed by atoms with E-state index in [0.717, 1.165) is 6.42 Å². The molecule has 4 rings (SSSR count). The van der Waals surface area contributed by atoms with Crippen LogP contribution < -0.4 is 0 Å². The van der Waals surface area contributed by atoms with Crippen LogP contribution in [-0.2, 0) is 9.53 Å². The average Bonchev–Trinajstić information content (AvgIpc) is 2.91. The van der Waals surface area contributed by atoms with Crippen LogP contribution in [0.2, 0.25) is 0 Å². The van der Waals surface area contributed by atoms with Crippen LogP contribution in [0.3, 0.4) is 0 Å². The Labute approximate surface area is 152 Å². The third kappa shape index (κ3) is 2.42. The molecule has 25 heavy (non-hydrogen) atoms. The highest BCUT2D eigenvalue weighted by molar-refractivity contribution is 5.66. The summed E-state index contributed by atoms with van der Waals surface area (Å²) < 4.78 is 5.91. The van der Waals surface area contributed by atoms with Gasteiger partial charge in [0.15, 0.2) is 0 Å². The maximum atomic E-state index is 11.8. The molecule has 0 aromatic carbocycles. The Kier molecular flexibility index (Phi) is 4.06. The number of hydrogen-bond donors (Lipinski definition) is 0. The summed E-state index contributed by atoms with van der Waals surface area (Å²) in [6.45, 7) is 6.47. The van der Waals surface area contributed by atoms with Gasteiger partial charge in [-0.2, -0.15) is 0 Å². The Bertz CT molecular complexity index is 641. The summed E-state index contributed by atoms with van der Waals surface area (Å²) in [6.07, 6.45) is 18.1. The third-order valence-corrected chi connectivity index (χ3v) is 8.52. The fraction of sp³-hybridized carbons (Fsp3) is 0.783. The van der Waals surface area contributed by atoms with Gasteiger partial charge in [0.2, 0.25) is 0 Å². The molecule has 0 aromatic rings. The molecule has 136 valence electrons. The van der Waals surface area contributed by atoms with Gasteiger partial charge in [-0.05, 0) is 73.7 Å². The van der Waals surface area contributed by atoms with Gasteiger partial charge in [0.05, 0.1) is 0 Å². The molecule has 4 aliphatic rings. The van der Waals surface area contributed by atoms with Crippen LogP contribution in [0.1, 0.15) is 72.1 Å². The molecule has 2 nitrogen and oxygen atoms in total. The third-order valence-electron chi connectivity index (χ3n) is 8.52. The van der Waals surface area contributed by atoms with Crippen LogP contribution >= 0.6 is 0 Å². The smallest absolute Gasteiger partial charge is 0.303 e. The Morgan fingerprint density at radius 1 is 1.20 bits per heavy atom. The zero-order valence-electron chi connectivity index (χ0n) is 16.0. The Balaban J connectivity index is 1.77. The number of rotatable bonds is 1. The minimum Gasteiger partial charge on any atom is -0.458 e. The lowest BCUT2D eigenvalue weighted by atomic mass is 9.47. The number of ether oxygens (including phenoxy) is 1. The Morgan fingerprint density at radius 3 is 2.72 bits per heavy atom. The highest BCUT2D eigenvalue weighted by Gasteiger charge is 2.60. The zero-order chi connectivity index (χ0) is 17.8. The molecule has 2 heteroatoms. The van der Waals surface area contributed by atoms with Gasteiger partial charge < -0.3 is 4.74 Å². The second kappa shape index (κ2) is 5.90. The summed E-state index contributed by atoms with van der Waals surface area (Å²) in [5.74, 6) is 5.03. The van der Waals surface area contributed by atoms with Gasteiger partial charge in [-0.15, -0.1) is 12.3 Å². The van der Waals surface area contributed by atoms with E-state index in [1.54, 1.807) is 12.5 Å². The summed E-state index contributed by atoms with van der Waals surface area (Å²) in [5, 5.41) is 0. The lowest BCUT2D eigenvalue weighted by molar-refractivity contribution is -0.157. The van der Waals surface area contributed by atoms with Crippen LogP contribution in [-0.4, -0.2) is 12.1 Å². The minimum atomic E-state index is -0.140. The standard InChI is InChI=1S/C23H32O2/c1-5-16-9-10-18-21-19(11-13-23(16,18)4)22(3)12-7-6-8-17(22)14-20(21)25-15(2)24/h1,14,16,18-21H,6-13H2,2-4H3/t16-,18+,19+,20+,21+,22+,23-/m1/s1. The van der Waals surface area contributed by atoms with Crippen molar-refractivity contribution in [3.8, 4) is 12.3 Å². The molecule has 3 fully saturated rings. The van der Waals surface area contributed by atoms with Gasteiger partial charge in [-0.1, -0.05) is 25.8 Å². The molecule has 0 spiro atoms. The molecule has 0 saturated heterocycles. The van der Waals surface area contributed by atoms with Gasteiger partial charge in [0.1, 0.15) is 6.10 Å². The number of carbonyl (C=O) groups is 1. The van der Waals surface area contributed by atoms with Crippen molar-refractivity contribution < 1.29 is 9.53 Å². The van der Waals surface area contributed by atoms with Crippen LogP contribution in [0.5, 0.6) is 0 Å². The van der Waals surface area contributed by atoms with E-state index in [2.05, 4.69) is 25.8 Å². The van der Waals surface area contributed by atoms with E-state index in [1.165, 1.54) is 44.9 Å². The topological polar surface area (TPSA) is 26.3 Å². The first-order chi connectivity index (χ1) is 11.9. The molecule has 0 aliphatic heterocycles. The van der Waals surface area contributed by atoms with E-state index >= 15 is 0 Å². The maximum absolute atomic E-state index is 11.8. The van der Waals surface area contributed by atoms with Crippen molar-refractivity contribution in [1.29, 1.82) is 0 Å². The second-order valence-corrected chi connectivity index (χ2v) is 9.52. The minimum absolute atomic E-state index is 0.0372. The molecular weight excluding hydrogens is 308 g/mol. The highest BCUT2D eigenvalue weighted by Crippen LogP contribution is 2.66. The monoisotopic (exact) mass is 340 g/mol. The predicted molar refractivity (Wildman–Crippen MR) is 99.6 cm³/mol. The highest BCUT2D eigenvalue weighted by atomic mass is 16.5. The first-order valence-electron chi connectivity index (χ1n) is 10.2. The quantitative estimate of drug-likeness (QED) is 0.376. The number of carbonyl (C=O) groups excluding carboxylic acids is 1. The number of allylic oxidation sites excluding steroid dienone is 1. The molecule has 3 saturated carbocycles. The molecule has 0 unspecified atom stereocenters. The zero-order valence-corrected chi connectivity index (χ0v) is 16.0. The van der Waals surface area contributed by atoms with E-state index in [1.807, 2.05) is 0 Å². The summed E-state index contributed by atoms with van der Waals surface area (Å²) in [5.41, 5.74) is 2.11. The lowest BCUT2D eigenvalue weighted by Gasteiger charge is -2.58. The lowest BCUT2D eigenvalue weighted by Crippen LogP contribution is -2.54. The summed E-state index contributed by atoms with van der Waals surface area (Å²) >= 11 is 0. The number of fused-ring (bicyclic) bond motifs is 5. The van der Waals surface area contributed by atoms with Crippen molar-refractivity contribution in [3.63, 3.8) is 0 Å². The van der Waals surface area contributed by atoms with E-state index in [0.29, 0.717) is 29.1 Å². The average molecular weight is 341 g/mol. The van der Waals surface area contributed by atoms with Gasteiger partial charge in [-0.25, -0.2) is 0 Å².